The van der Waals surface area contributed by atoms with Crippen LogP contribution >= 0.6 is 0 Å². The Balaban J connectivity index is 2.33. The minimum atomic E-state index is -4.49. The molecule has 0 heterocycles. The third-order valence-corrected chi connectivity index (χ3v) is 6.29. The van der Waals surface area contributed by atoms with Crippen molar-refractivity contribution >= 4 is 0 Å². The second-order valence-corrected chi connectivity index (χ2v) is 8.92. The Morgan fingerprint density at radius 3 is 1.90 bits per heavy atom. The standard InChI is InChI=1S/C26H33F3N2/c1-19(2)25(18-30,23-13-9-10-14-24(23)26(27,28)29)16-15-21(5)31(20(3)4)17-22-11-7-6-8-12-22/h6-14,19-21H,15-17H2,1-5H3. The first kappa shape index (κ1) is 24.9. The summed E-state index contributed by atoms with van der Waals surface area (Å²) in [6, 6.07) is 18.4. The van der Waals surface area contributed by atoms with Gasteiger partial charge in [-0.2, -0.15) is 18.4 Å². The van der Waals surface area contributed by atoms with Crippen molar-refractivity contribution in [2.24, 2.45) is 5.92 Å². The van der Waals surface area contributed by atoms with Crippen LogP contribution in [0, 0.1) is 17.2 Å². The fourth-order valence-electron chi connectivity index (χ4n) is 4.34. The molecule has 168 valence electrons. The highest BCUT2D eigenvalue weighted by Gasteiger charge is 2.44. The van der Waals surface area contributed by atoms with Crippen molar-refractivity contribution in [3.05, 3.63) is 71.3 Å². The molecule has 31 heavy (non-hydrogen) atoms. The number of hydrogen-bond acceptors (Lipinski definition) is 2. The number of alkyl halides is 3. The van der Waals surface area contributed by atoms with Crippen molar-refractivity contribution in [3.63, 3.8) is 0 Å². The van der Waals surface area contributed by atoms with Crippen LogP contribution in [-0.2, 0) is 18.1 Å². The third-order valence-electron chi connectivity index (χ3n) is 6.29. The lowest BCUT2D eigenvalue weighted by Crippen LogP contribution is -2.40. The van der Waals surface area contributed by atoms with Crippen LogP contribution < -0.4 is 0 Å². The molecule has 0 saturated heterocycles. The quantitative estimate of drug-likeness (QED) is 0.420. The lowest BCUT2D eigenvalue weighted by atomic mass is 9.68. The Kier molecular flexibility index (Phi) is 8.31. The summed E-state index contributed by atoms with van der Waals surface area (Å²) < 4.78 is 41.2. The molecule has 2 atom stereocenters. The molecule has 0 N–H and O–H groups in total. The van der Waals surface area contributed by atoms with Gasteiger partial charge >= 0.3 is 6.18 Å². The maximum Gasteiger partial charge on any atom is 0.416 e. The van der Waals surface area contributed by atoms with E-state index in [4.69, 9.17) is 0 Å². The molecule has 2 unspecified atom stereocenters. The van der Waals surface area contributed by atoms with E-state index in [0.717, 1.165) is 12.6 Å². The number of rotatable bonds is 9. The van der Waals surface area contributed by atoms with Crippen molar-refractivity contribution in [1.29, 1.82) is 5.26 Å². The topological polar surface area (TPSA) is 27.0 Å². The lowest BCUT2D eigenvalue weighted by molar-refractivity contribution is -0.138. The van der Waals surface area contributed by atoms with E-state index in [2.05, 4.69) is 43.9 Å². The Labute approximate surface area is 184 Å². The van der Waals surface area contributed by atoms with E-state index in [1.807, 2.05) is 32.0 Å². The van der Waals surface area contributed by atoms with E-state index in [9.17, 15) is 18.4 Å². The van der Waals surface area contributed by atoms with Gasteiger partial charge in [-0.25, -0.2) is 0 Å². The van der Waals surface area contributed by atoms with Gasteiger partial charge in [0.05, 0.1) is 17.0 Å². The van der Waals surface area contributed by atoms with Gasteiger partial charge in [0.15, 0.2) is 0 Å². The monoisotopic (exact) mass is 430 g/mol. The number of hydrogen-bond donors (Lipinski definition) is 0. The van der Waals surface area contributed by atoms with Crippen LogP contribution in [-0.4, -0.2) is 17.0 Å². The Morgan fingerprint density at radius 1 is 0.871 bits per heavy atom. The zero-order chi connectivity index (χ0) is 23.2. The van der Waals surface area contributed by atoms with Crippen LogP contribution in [0.5, 0.6) is 0 Å². The molecular formula is C26H33F3N2. The normalized spacial score (nSPS) is 15.2. The molecule has 0 radical (unpaired) electrons. The summed E-state index contributed by atoms with van der Waals surface area (Å²) in [5.74, 6) is -0.255. The summed E-state index contributed by atoms with van der Waals surface area (Å²) in [6.45, 7) is 10.8. The molecule has 0 aliphatic rings. The molecule has 0 bridgehead atoms. The number of benzene rings is 2. The van der Waals surface area contributed by atoms with Gasteiger partial charge < -0.3 is 0 Å². The van der Waals surface area contributed by atoms with Crippen LogP contribution in [0.2, 0.25) is 0 Å². The van der Waals surface area contributed by atoms with Gasteiger partial charge in [-0.15, -0.1) is 0 Å². The molecule has 0 aliphatic heterocycles. The minimum absolute atomic E-state index is 0.0892. The molecule has 2 rings (SSSR count). The fourth-order valence-corrected chi connectivity index (χ4v) is 4.34. The van der Waals surface area contributed by atoms with E-state index < -0.39 is 17.2 Å². The summed E-state index contributed by atoms with van der Waals surface area (Å²) in [6.07, 6.45) is -3.49. The lowest BCUT2D eigenvalue weighted by Gasteiger charge is -2.37. The highest BCUT2D eigenvalue weighted by atomic mass is 19.4. The summed E-state index contributed by atoms with van der Waals surface area (Å²) in [4.78, 5) is 2.34. The van der Waals surface area contributed by atoms with Crippen LogP contribution in [0.3, 0.4) is 0 Å². The van der Waals surface area contributed by atoms with Crippen molar-refractivity contribution in [2.75, 3.05) is 0 Å². The maximum absolute atomic E-state index is 13.7. The molecule has 0 amide bonds. The van der Waals surface area contributed by atoms with E-state index in [1.54, 1.807) is 6.07 Å². The summed E-state index contributed by atoms with van der Waals surface area (Å²) >= 11 is 0. The Morgan fingerprint density at radius 2 is 1.42 bits per heavy atom. The number of nitriles is 1. The van der Waals surface area contributed by atoms with E-state index >= 15 is 0 Å². The Hall–Kier alpha value is -2.32. The fraction of sp³-hybridized carbons (Fsp3) is 0.500. The first-order valence-corrected chi connectivity index (χ1v) is 10.9. The predicted octanol–water partition coefficient (Wildman–Crippen LogP) is 7.20. The average Bonchev–Trinajstić information content (AvgIpc) is 2.72. The first-order chi connectivity index (χ1) is 14.5. The molecular weight excluding hydrogens is 397 g/mol. The highest BCUT2D eigenvalue weighted by molar-refractivity contribution is 5.41. The zero-order valence-corrected chi connectivity index (χ0v) is 19.1. The maximum atomic E-state index is 13.7. The Bertz CT molecular complexity index is 868. The van der Waals surface area contributed by atoms with E-state index in [-0.39, 0.29) is 23.6 Å². The smallest absolute Gasteiger partial charge is 0.294 e. The van der Waals surface area contributed by atoms with Crippen molar-refractivity contribution < 1.29 is 13.2 Å². The molecule has 5 heteroatoms. The van der Waals surface area contributed by atoms with Gasteiger partial charge in [0, 0.05) is 18.6 Å². The molecule has 2 aromatic carbocycles. The average molecular weight is 431 g/mol. The second kappa shape index (κ2) is 10.3. The molecule has 0 aliphatic carbocycles. The van der Waals surface area contributed by atoms with E-state index in [1.165, 1.54) is 17.7 Å². The van der Waals surface area contributed by atoms with Gasteiger partial charge in [-0.3, -0.25) is 4.90 Å². The van der Waals surface area contributed by atoms with Gasteiger partial charge in [-0.1, -0.05) is 62.4 Å². The molecule has 0 saturated carbocycles. The second-order valence-electron chi connectivity index (χ2n) is 8.92. The third kappa shape index (κ3) is 5.89. The van der Waals surface area contributed by atoms with Gasteiger partial charge in [0.1, 0.15) is 0 Å². The SMILES string of the molecule is CC(C)N(Cc1ccccc1)C(C)CCC(C#N)(c1ccccc1C(F)(F)F)C(C)C. The summed E-state index contributed by atoms with van der Waals surface area (Å²) in [7, 11) is 0. The highest BCUT2D eigenvalue weighted by Crippen LogP contribution is 2.44. The molecule has 0 spiro atoms. The number of halogens is 3. The molecule has 0 aromatic heterocycles. The largest absolute Gasteiger partial charge is 0.416 e. The van der Waals surface area contributed by atoms with Gasteiger partial charge in [0.25, 0.3) is 0 Å². The van der Waals surface area contributed by atoms with E-state index in [0.29, 0.717) is 12.8 Å². The van der Waals surface area contributed by atoms with Gasteiger partial charge in [0.2, 0.25) is 0 Å². The van der Waals surface area contributed by atoms with Crippen molar-refractivity contribution in [2.45, 2.75) is 77.7 Å². The summed E-state index contributed by atoms with van der Waals surface area (Å²) in [5.41, 5.74) is -0.620. The van der Waals surface area contributed by atoms with Gasteiger partial charge in [-0.05, 0) is 56.7 Å². The first-order valence-electron chi connectivity index (χ1n) is 10.9. The predicted molar refractivity (Wildman–Crippen MR) is 119 cm³/mol. The summed E-state index contributed by atoms with van der Waals surface area (Å²) in [5, 5.41) is 10.2. The molecule has 2 nitrogen and oxygen atoms in total. The molecule has 0 fully saturated rings. The van der Waals surface area contributed by atoms with Crippen LogP contribution in [0.1, 0.15) is 64.2 Å². The van der Waals surface area contributed by atoms with Crippen molar-refractivity contribution in [1.82, 2.24) is 4.90 Å². The van der Waals surface area contributed by atoms with Crippen LogP contribution in [0.4, 0.5) is 13.2 Å². The zero-order valence-electron chi connectivity index (χ0n) is 19.1. The number of nitrogens with zero attached hydrogens (tertiary/aromatic N) is 2. The van der Waals surface area contributed by atoms with Crippen LogP contribution in [0.25, 0.3) is 0 Å². The minimum Gasteiger partial charge on any atom is -0.294 e. The van der Waals surface area contributed by atoms with Crippen molar-refractivity contribution in [3.8, 4) is 6.07 Å². The molecule has 2 aromatic rings. The van der Waals surface area contributed by atoms with Crippen LogP contribution in [0.15, 0.2) is 54.6 Å².